The van der Waals surface area contributed by atoms with Gasteiger partial charge in [-0.15, -0.1) is 0 Å². The first-order valence-electron chi connectivity index (χ1n) is 27.8. The van der Waals surface area contributed by atoms with Crippen LogP contribution in [0.25, 0.3) is 29.6 Å². The summed E-state index contributed by atoms with van der Waals surface area (Å²) < 4.78 is 2.66. The molecule has 6 heterocycles. The maximum atomic E-state index is 12.9. The highest BCUT2D eigenvalue weighted by molar-refractivity contribution is 6.30. The second-order valence-corrected chi connectivity index (χ2v) is 20.5. The molecule has 26 nitrogen and oxygen atoms in total. The number of aromatic nitrogens is 6. The quantitative estimate of drug-likeness (QED) is 0.0289. The molecule has 90 heavy (non-hydrogen) atoms. The van der Waals surface area contributed by atoms with Crippen molar-refractivity contribution in [3.8, 4) is 11.4 Å². The van der Waals surface area contributed by atoms with Gasteiger partial charge in [0.1, 0.15) is 0 Å². The number of carbonyl (C=O) groups is 7. The molecule has 0 saturated carbocycles. The average molecular weight is 1220 g/mol. The number of carboxylic acid groups (broad SMARTS) is 4. The molecule has 0 aliphatic carbocycles. The summed E-state index contributed by atoms with van der Waals surface area (Å²) in [5.41, 5.74) is 9.95. The van der Waals surface area contributed by atoms with E-state index in [1.165, 1.54) is 92.2 Å². The van der Waals surface area contributed by atoms with Crippen LogP contribution in [0.1, 0.15) is 122 Å². The Morgan fingerprint density at radius 1 is 0.544 bits per heavy atom. The van der Waals surface area contributed by atoms with Crippen LogP contribution in [-0.4, -0.2) is 109 Å². The summed E-state index contributed by atoms with van der Waals surface area (Å²) in [4.78, 5) is 119. The number of nitrogens with one attached hydrogen (secondary N) is 5. The smallest absolute Gasteiger partial charge is 0.335 e. The van der Waals surface area contributed by atoms with E-state index in [1.54, 1.807) is 101 Å². The Hall–Kier alpha value is -12.1. The van der Waals surface area contributed by atoms with Gasteiger partial charge in [-0.25, -0.2) is 39.0 Å². The highest BCUT2D eigenvalue weighted by Gasteiger charge is 2.34. The molecule has 3 aromatic heterocycles. The minimum atomic E-state index is -1.06. The fourth-order valence-electron chi connectivity index (χ4n) is 9.33. The number of allylic oxidation sites excluding steroid dienone is 5. The highest BCUT2D eigenvalue weighted by Crippen LogP contribution is 2.28. The van der Waals surface area contributed by atoms with E-state index >= 15 is 0 Å². The number of hydrazone groups is 3. The van der Waals surface area contributed by atoms with Crippen LogP contribution in [-0.2, 0) is 14.4 Å². The number of carboxylic acids is 4. The highest BCUT2D eigenvalue weighted by atomic mass is 16.4. The first kappa shape index (κ1) is 63.9. The van der Waals surface area contributed by atoms with Crippen LogP contribution >= 0.6 is 0 Å². The summed E-state index contributed by atoms with van der Waals surface area (Å²) >= 11 is 0. The molecule has 0 spiro atoms. The number of anilines is 2. The number of hydrogen-bond acceptors (Lipinski definition) is 13. The number of rotatable bonds is 18. The minimum Gasteiger partial charge on any atom is -0.478 e. The van der Waals surface area contributed by atoms with Crippen molar-refractivity contribution in [2.24, 2.45) is 21.2 Å². The van der Waals surface area contributed by atoms with Crippen molar-refractivity contribution < 1.29 is 54.0 Å². The standard InChI is InChI=1S/C27H24N4O6.C25H20N4O6.C12H16N4O2/c1-16-22(24(32)30(28-16)20-12-8-18(9-13-20)26(34)35)6-4-3-5-7-23-17(2)29-31(25(23)33)21-14-10-19(11-15-21)27(36)37;1-14-20(22(30)28(26-14)18-10-6-16(7-11-18)24(32)33)4-3-5-21-15(2)27-29(23(21)31)19-12-8-17(9-13-19)25(34)35;1-3-4-5-10-9(12(18)16-14-10)6-8-7(2)13-15-11(8)17/h3-6,8-15,23,28H,7H2,1-2H3,(H,34,35)(H,36,37);3-13,26H,1-2H3,(H,32,33)(H,34,35);6H,3-5H2,1-2H3,(H,16,18)(H2,13,15,17)/b5-3+,6-4+;4-3+,21-5?;. The van der Waals surface area contributed by atoms with Gasteiger partial charge in [-0.2, -0.15) is 20.3 Å². The molecule has 0 radical (unpaired) electrons. The number of H-pyrrole nitrogens is 4. The largest absolute Gasteiger partial charge is 0.478 e. The van der Waals surface area contributed by atoms with E-state index in [2.05, 4.69) is 48.0 Å². The molecule has 0 saturated heterocycles. The lowest BCUT2D eigenvalue weighted by molar-refractivity contribution is -0.119. The lowest BCUT2D eigenvalue weighted by Gasteiger charge is -2.13. The molecule has 3 aliphatic heterocycles. The summed E-state index contributed by atoms with van der Waals surface area (Å²) in [5.74, 6) is -5.47. The summed E-state index contributed by atoms with van der Waals surface area (Å²) in [6.07, 6.45) is 16.4. The van der Waals surface area contributed by atoms with Crippen molar-refractivity contribution in [3.63, 3.8) is 0 Å². The zero-order chi connectivity index (χ0) is 65.1. The van der Waals surface area contributed by atoms with Gasteiger partial charge in [0.2, 0.25) is 0 Å². The molecule has 0 fully saturated rings. The maximum absolute atomic E-state index is 12.9. The first-order valence-corrected chi connectivity index (χ1v) is 27.8. The molecule has 4 aromatic carbocycles. The molecular formula is C64H60N12O14. The van der Waals surface area contributed by atoms with E-state index in [0.29, 0.717) is 85.5 Å². The van der Waals surface area contributed by atoms with Crippen LogP contribution in [0.3, 0.4) is 0 Å². The average Bonchev–Trinajstić information content (AvgIpc) is 2.76. The van der Waals surface area contributed by atoms with E-state index < -0.39 is 29.8 Å². The Balaban J connectivity index is 0.000000184. The predicted molar refractivity (Wildman–Crippen MR) is 337 cm³/mol. The Kier molecular flexibility index (Phi) is 19.9. The number of benzene rings is 4. The van der Waals surface area contributed by atoms with Crippen LogP contribution in [0, 0.1) is 26.7 Å². The number of nitrogens with zero attached hydrogens (tertiary/aromatic N) is 7. The minimum absolute atomic E-state index is 0.102. The number of carbonyl (C=O) groups excluding carboxylic acids is 3. The van der Waals surface area contributed by atoms with Gasteiger partial charge in [0.15, 0.2) is 0 Å². The summed E-state index contributed by atoms with van der Waals surface area (Å²) in [6, 6.07) is 23.6. The van der Waals surface area contributed by atoms with E-state index in [1.807, 2.05) is 6.08 Å². The van der Waals surface area contributed by atoms with Crippen molar-refractivity contribution in [2.45, 2.75) is 67.2 Å². The Morgan fingerprint density at radius 2 is 1.01 bits per heavy atom. The zero-order valence-electron chi connectivity index (χ0n) is 49.3. The van der Waals surface area contributed by atoms with E-state index in [9.17, 15) is 47.9 Å². The SMILES string of the molecule is CC1=NN(c2ccc(C(=O)O)cc2)C(=O)C1=C/C=C/c1c(C)[nH]n(-c2ccc(C(=O)O)cc2)c1=O.CC1=NN(c2ccc(C(=O)O)cc2)C(=O)C1C/C=C/C=C/c1c(C)[nH]n(-c2ccc(C(=O)O)cc2)c1=O.CCCCC1=NNC(=O)C1=Cc1c(C)[nH][nH]c1=O. The van der Waals surface area contributed by atoms with Gasteiger partial charge in [-0.3, -0.25) is 44.1 Å². The van der Waals surface area contributed by atoms with Crippen LogP contribution in [0.2, 0.25) is 0 Å². The topological polar surface area (TPSA) is 380 Å². The normalized spacial score (nSPS) is 15.6. The molecule has 3 aliphatic rings. The van der Waals surface area contributed by atoms with Crippen molar-refractivity contribution in [2.75, 3.05) is 10.0 Å². The predicted octanol–water partition coefficient (Wildman–Crippen LogP) is 8.17. The monoisotopic (exact) mass is 1220 g/mol. The molecule has 460 valence electrons. The molecule has 1 unspecified atom stereocenters. The van der Waals surface area contributed by atoms with Gasteiger partial charge in [-0.05, 0) is 175 Å². The molecule has 0 bridgehead atoms. The van der Waals surface area contributed by atoms with E-state index in [4.69, 9.17) is 20.4 Å². The van der Waals surface area contributed by atoms with Gasteiger partial charge in [0, 0.05) is 22.8 Å². The van der Waals surface area contributed by atoms with Crippen molar-refractivity contribution in [1.29, 1.82) is 0 Å². The molecule has 1 atom stereocenters. The second kappa shape index (κ2) is 28.0. The van der Waals surface area contributed by atoms with Gasteiger partial charge >= 0.3 is 23.9 Å². The Morgan fingerprint density at radius 3 is 1.47 bits per heavy atom. The third-order valence-corrected chi connectivity index (χ3v) is 14.4. The Bertz CT molecular complexity index is 4420. The number of unbranched alkanes of at least 4 members (excludes halogenated alkanes) is 1. The van der Waals surface area contributed by atoms with E-state index in [0.717, 1.165) is 25.0 Å². The lowest BCUT2D eigenvalue weighted by atomic mass is 10.00. The third-order valence-electron chi connectivity index (χ3n) is 14.4. The molecule has 26 heteroatoms. The van der Waals surface area contributed by atoms with Gasteiger partial charge in [-0.1, -0.05) is 37.6 Å². The first-order chi connectivity index (χ1) is 43.0. The number of amides is 3. The molecule has 7 aromatic rings. The van der Waals surface area contributed by atoms with Crippen molar-refractivity contribution in [3.05, 3.63) is 226 Å². The van der Waals surface area contributed by atoms with Gasteiger partial charge in [0.05, 0.1) is 90.2 Å². The molecule has 10 rings (SSSR count). The maximum Gasteiger partial charge on any atom is 0.335 e. The van der Waals surface area contributed by atoms with Crippen LogP contribution in [0.15, 0.2) is 168 Å². The molecular weight excluding hydrogens is 1160 g/mol. The fourth-order valence-corrected chi connectivity index (χ4v) is 9.33. The summed E-state index contributed by atoms with van der Waals surface area (Å²) in [5, 5.41) is 62.4. The number of hydrogen-bond donors (Lipinski definition) is 9. The zero-order valence-corrected chi connectivity index (χ0v) is 49.3. The second-order valence-electron chi connectivity index (χ2n) is 20.5. The van der Waals surface area contributed by atoms with Gasteiger partial charge in [0.25, 0.3) is 34.4 Å². The van der Waals surface area contributed by atoms with Crippen LogP contribution in [0.5, 0.6) is 0 Å². The van der Waals surface area contributed by atoms with Crippen molar-refractivity contribution in [1.82, 2.24) is 35.2 Å². The lowest BCUT2D eigenvalue weighted by Crippen LogP contribution is -2.26. The number of aromatic amines is 4. The third kappa shape index (κ3) is 14.4. The van der Waals surface area contributed by atoms with E-state index in [-0.39, 0.29) is 56.7 Å². The van der Waals surface area contributed by atoms with Gasteiger partial charge < -0.3 is 25.5 Å². The number of aryl methyl sites for hydroxylation is 3. The summed E-state index contributed by atoms with van der Waals surface area (Å²) in [6.45, 7) is 10.8. The van der Waals surface area contributed by atoms with Crippen molar-refractivity contribution >= 4 is 88.3 Å². The van der Waals surface area contributed by atoms with Crippen LogP contribution < -0.4 is 32.1 Å². The molecule has 9 N–H and O–H groups in total. The Labute approximate surface area is 511 Å². The number of aromatic carboxylic acids is 4. The molecule has 3 amide bonds. The summed E-state index contributed by atoms with van der Waals surface area (Å²) in [7, 11) is 0. The fraction of sp³-hybridized carbons (Fsp3) is 0.172. The van der Waals surface area contributed by atoms with Crippen LogP contribution in [0.4, 0.5) is 11.4 Å².